The molecule has 0 N–H and O–H groups in total. The first-order valence-corrected chi connectivity index (χ1v) is 10.8. The molecule has 0 saturated heterocycles. The van der Waals surface area contributed by atoms with Gasteiger partial charge in [-0.15, -0.1) is 0 Å². The maximum atomic E-state index is 13.8. The van der Waals surface area contributed by atoms with Crippen LogP contribution in [0.1, 0.15) is 50.2 Å². The van der Waals surface area contributed by atoms with Crippen molar-refractivity contribution in [1.82, 2.24) is 0 Å². The molecule has 3 rings (SSSR count). The van der Waals surface area contributed by atoms with E-state index in [1.165, 1.54) is 31.7 Å². The van der Waals surface area contributed by atoms with Gasteiger partial charge in [0.2, 0.25) is 0 Å². The molecule has 0 saturated carbocycles. The third-order valence-corrected chi connectivity index (χ3v) is 5.10. The Morgan fingerprint density at radius 1 is 0.800 bits per heavy atom. The van der Waals surface area contributed by atoms with Crippen LogP contribution in [0.3, 0.4) is 0 Å². The number of ether oxygens (including phenoxy) is 1. The lowest BCUT2D eigenvalue weighted by Gasteiger charge is -2.07. The smallest absolute Gasteiger partial charge is 0.140 e. The molecule has 0 fully saturated rings. The van der Waals surface area contributed by atoms with Gasteiger partial charge in [0, 0.05) is 10.6 Å². The monoisotopic (exact) mass is 420 g/mol. The second-order valence-corrected chi connectivity index (χ2v) is 7.68. The highest BCUT2D eigenvalue weighted by molar-refractivity contribution is 6.30. The summed E-state index contributed by atoms with van der Waals surface area (Å²) in [6, 6.07) is 20.6. The Morgan fingerprint density at radius 3 is 2.13 bits per heavy atom. The Morgan fingerprint density at radius 2 is 1.47 bits per heavy atom. The number of hydrogen-bond donors (Lipinski definition) is 0. The lowest BCUT2D eigenvalue weighted by molar-refractivity contribution is 0.304. The summed E-state index contributed by atoms with van der Waals surface area (Å²) in [7, 11) is 0. The van der Waals surface area contributed by atoms with Gasteiger partial charge in [-0.1, -0.05) is 80.3 Å². The van der Waals surface area contributed by atoms with Crippen LogP contribution in [-0.2, 0) is 0 Å². The van der Waals surface area contributed by atoms with Gasteiger partial charge in [0.15, 0.2) is 0 Å². The molecule has 3 aromatic carbocycles. The molecule has 0 amide bonds. The molecular formula is C27H26ClFO. The normalized spacial score (nSPS) is 10.4. The fourth-order valence-corrected chi connectivity index (χ4v) is 3.27. The van der Waals surface area contributed by atoms with Crippen molar-refractivity contribution < 1.29 is 9.13 Å². The summed E-state index contributed by atoms with van der Waals surface area (Å²) >= 11 is 5.77. The third-order valence-electron chi connectivity index (χ3n) is 4.86. The lowest BCUT2D eigenvalue weighted by atomic mass is 10.0. The second-order valence-electron chi connectivity index (χ2n) is 7.24. The Balaban J connectivity index is 1.56. The van der Waals surface area contributed by atoms with Gasteiger partial charge >= 0.3 is 0 Å². The molecule has 0 unspecified atom stereocenters. The molecule has 154 valence electrons. The number of halogens is 2. The van der Waals surface area contributed by atoms with Gasteiger partial charge in [-0.3, -0.25) is 0 Å². The van der Waals surface area contributed by atoms with E-state index in [9.17, 15) is 4.39 Å². The SMILES string of the molecule is CCCCCCCOc1ccc(-c2ccc(C#Cc3ccc(Cl)cc3F)cc2)cc1. The van der Waals surface area contributed by atoms with E-state index in [1.807, 2.05) is 36.4 Å². The van der Waals surface area contributed by atoms with Crippen molar-refractivity contribution in [3.63, 3.8) is 0 Å². The summed E-state index contributed by atoms with van der Waals surface area (Å²) in [5.74, 6) is 6.35. The van der Waals surface area contributed by atoms with Crippen LogP contribution in [0.2, 0.25) is 5.02 Å². The molecule has 30 heavy (non-hydrogen) atoms. The van der Waals surface area contributed by atoms with E-state index in [-0.39, 0.29) is 0 Å². The van der Waals surface area contributed by atoms with Crippen LogP contribution in [-0.4, -0.2) is 6.61 Å². The molecule has 3 aromatic rings. The van der Waals surface area contributed by atoms with Gasteiger partial charge < -0.3 is 4.74 Å². The van der Waals surface area contributed by atoms with Crippen LogP contribution in [0.5, 0.6) is 5.75 Å². The predicted octanol–water partition coefficient (Wildman–Crippen LogP) is 7.90. The molecule has 0 aliphatic carbocycles. The molecule has 3 heteroatoms. The van der Waals surface area contributed by atoms with E-state index in [0.29, 0.717) is 10.6 Å². The third kappa shape index (κ3) is 6.65. The van der Waals surface area contributed by atoms with Gasteiger partial charge in [-0.2, -0.15) is 0 Å². The number of rotatable bonds is 8. The maximum Gasteiger partial charge on any atom is 0.140 e. The highest BCUT2D eigenvalue weighted by Gasteiger charge is 2.01. The molecular weight excluding hydrogens is 395 g/mol. The zero-order valence-electron chi connectivity index (χ0n) is 17.3. The summed E-state index contributed by atoms with van der Waals surface area (Å²) in [5.41, 5.74) is 3.39. The van der Waals surface area contributed by atoms with Crippen LogP contribution < -0.4 is 4.74 Å². The van der Waals surface area contributed by atoms with Crippen molar-refractivity contribution in [2.24, 2.45) is 0 Å². The van der Waals surface area contributed by atoms with E-state index in [2.05, 4.69) is 30.9 Å². The van der Waals surface area contributed by atoms with Crippen molar-refractivity contribution >= 4 is 11.6 Å². The van der Waals surface area contributed by atoms with Gasteiger partial charge in [0.25, 0.3) is 0 Å². The summed E-state index contributed by atoms with van der Waals surface area (Å²) in [6.07, 6.45) is 6.18. The molecule has 0 radical (unpaired) electrons. The predicted molar refractivity (Wildman–Crippen MR) is 124 cm³/mol. The van der Waals surface area contributed by atoms with E-state index in [4.69, 9.17) is 16.3 Å². The van der Waals surface area contributed by atoms with Crippen molar-refractivity contribution in [3.8, 4) is 28.7 Å². The highest BCUT2D eigenvalue weighted by Crippen LogP contribution is 2.23. The van der Waals surface area contributed by atoms with Crippen LogP contribution in [0.4, 0.5) is 4.39 Å². The van der Waals surface area contributed by atoms with Crippen molar-refractivity contribution in [2.75, 3.05) is 6.61 Å². The van der Waals surface area contributed by atoms with E-state index >= 15 is 0 Å². The average Bonchev–Trinajstić information content (AvgIpc) is 2.76. The minimum atomic E-state index is -0.408. The first kappa shape index (κ1) is 21.9. The second kappa shape index (κ2) is 11.4. The van der Waals surface area contributed by atoms with E-state index < -0.39 is 5.82 Å². The number of unbranched alkanes of at least 4 members (excludes halogenated alkanes) is 4. The first-order chi connectivity index (χ1) is 14.7. The summed E-state index contributed by atoms with van der Waals surface area (Å²) < 4.78 is 19.7. The number of hydrogen-bond acceptors (Lipinski definition) is 1. The molecule has 0 bridgehead atoms. The standard InChI is InChI=1S/C27H26ClFO/c1-2-3-4-5-6-19-30-26-17-14-23(15-18-26)22-10-7-21(8-11-22)9-12-24-13-16-25(28)20-27(24)29/h7-8,10-11,13-18,20H,2-6,19H2,1H3. The van der Waals surface area contributed by atoms with Crippen LogP contribution in [0.25, 0.3) is 11.1 Å². The Bertz CT molecular complexity index is 998. The summed E-state index contributed by atoms with van der Waals surface area (Å²) in [4.78, 5) is 0. The van der Waals surface area contributed by atoms with Crippen LogP contribution in [0.15, 0.2) is 66.7 Å². The van der Waals surface area contributed by atoms with Crippen LogP contribution >= 0.6 is 11.6 Å². The quantitative estimate of drug-likeness (QED) is 0.266. The molecule has 0 atom stereocenters. The topological polar surface area (TPSA) is 9.23 Å². The first-order valence-electron chi connectivity index (χ1n) is 10.5. The zero-order valence-corrected chi connectivity index (χ0v) is 18.0. The van der Waals surface area contributed by atoms with Gasteiger partial charge in [-0.25, -0.2) is 4.39 Å². The fraction of sp³-hybridized carbons (Fsp3) is 0.259. The molecule has 0 aromatic heterocycles. The van der Waals surface area contributed by atoms with Crippen molar-refractivity contribution in [2.45, 2.75) is 39.0 Å². The molecule has 1 nitrogen and oxygen atoms in total. The Kier molecular flexibility index (Phi) is 8.36. The molecule has 0 heterocycles. The van der Waals surface area contributed by atoms with E-state index in [0.717, 1.165) is 35.5 Å². The number of benzene rings is 3. The largest absolute Gasteiger partial charge is 0.494 e. The Hall–Kier alpha value is -2.76. The molecule has 0 aliphatic heterocycles. The highest BCUT2D eigenvalue weighted by atomic mass is 35.5. The summed E-state index contributed by atoms with van der Waals surface area (Å²) in [6.45, 7) is 2.99. The fourth-order valence-electron chi connectivity index (χ4n) is 3.12. The van der Waals surface area contributed by atoms with Gasteiger partial charge in [0.05, 0.1) is 12.2 Å². The molecule has 0 aliphatic rings. The van der Waals surface area contributed by atoms with Gasteiger partial charge in [0.1, 0.15) is 11.6 Å². The lowest BCUT2D eigenvalue weighted by Crippen LogP contribution is -1.97. The minimum absolute atomic E-state index is 0.337. The minimum Gasteiger partial charge on any atom is -0.494 e. The van der Waals surface area contributed by atoms with Gasteiger partial charge in [-0.05, 0) is 60.0 Å². The van der Waals surface area contributed by atoms with Crippen molar-refractivity contribution in [1.29, 1.82) is 0 Å². The summed E-state index contributed by atoms with van der Waals surface area (Å²) in [5, 5.41) is 0.366. The average molecular weight is 421 g/mol. The maximum absolute atomic E-state index is 13.8. The Labute approximate surface area is 183 Å². The zero-order chi connectivity index (χ0) is 21.2. The molecule has 0 spiro atoms. The van der Waals surface area contributed by atoms with Crippen LogP contribution in [0, 0.1) is 17.7 Å². The van der Waals surface area contributed by atoms with E-state index in [1.54, 1.807) is 12.1 Å². The van der Waals surface area contributed by atoms with Crippen molar-refractivity contribution in [3.05, 3.63) is 88.7 Å².